The van der Waals surface area contributed by atoms with E-state index in [1.165, 1.54) is 16.1 Å². The zero-order valence-corrected chi connectivity index (χ0v) is 18.9. The molecule has 0 spiro atoms. The van der Waals surface area contributed by atoms with Crippen molar-refractivity contribution in [2.45, 2.75) is 9.79 Å². The summed E-state index contributed by atoms with van der Waals surface area (Å²) in [6.07, 6.45) is 5.53. The first-order valence-corrected chi connectivity index (χ1v) is 12.3. The highest BCUT2D eigenvalue weighted by atomic mass is 35.5. The molecule has 0 saturated heterocycles. The van der Waals surface area contributed by atoms with Gasteiger partial charge in [0.15, 0.2) is 0 Å². The Hall–Kier alpha value is -2.25. The molecule has 30 heavy (non-hydrogen) atoms. The maximum Gasteiger partial charge on any atom is 0.271 e. The minimum absolute atomic E-state index is 0.0706. The molecule has 0 atom stereocenters. The topological polar surface area (TPSA) is 52.0 Å². The van der Waals surface area contributed by atoms with Crippen molar-refractivity contribution in [1.29, 1.82) is 0 Å². The van der Waals surface area contributed by atoms with Crippen molar-refractivity contribution < 1.29 is 8.42 Å². The van der Waals surface area contributed by atoms with Crippen molar-refractivity contribution in [2.75, 3.05) is 6.26 Å². The first-order valence-electron chi connectivity index (χ1n) is 8.90. The third-order valence-corrected chi connectivity index (χ3v) is 7.67. The Morgan fingerprint density at radius 2 is 1.70 bits per heavy atom. The lowest BCUT2D eigenvalue weighted by atomic mass is 10.2. The van der Waals surface area contributed by atoms with Gasteiger partial charge in [-0.3, -0.25) is 0 Å². The van der Waals surface area contributed by atoms with Crippen LogP contribution >= 0.6 is 35.0 Å². The third kappa shape index (κ3) is 4.01. The first-order chi connectivity index (χ1) is 14.4. The van der Waals surface area contributed by atoms with E-state index in [0.29, 0.717) is 11.0 Å². The molecule has 3 aromatic carbocycles. The standard InChI is InChI=1S/C22H16Cl2N2O2S2/c1-29-17-10-6-15(7-11-17)8-13-22-25-19-4-2-3-5-20(19)26(22)30(27,28)21-14-16(23)9-12-18(21)24/h2-14H,1H3/b13-8+. The van der Waals surface area contributed by atoms with Crippen LogP contribution in [0.2, 0.25) is 10.0 Å². The van der Waals surface area contributed by atoms with Gasteiger partial charge in [-0.25, -0.2) is 17.4 Å². The Bertz CT molecular complexity index is 1360. The minimum atomic E-state index is -4.04. The van der Waals surface area contributed by atoms with Gasteiger partial charge in [0, 0.05) is 9.92 Å². The van der Waals surface area contributed by atoms with Gasteiger partial charge in [-0.15, -0.1) is 11.8 Å². The maximum atomic E-state index is 13.5. The van der Waals surface area contributed by atoms with Gasteiger partial charge in [0.1, 0.15) is 10.7 Å². The Balaban J connectivity index is 1.88. The second-order valence-corrected chi connectivity index (χ2v) is 9.89. The van der Waals surface area contributed by atoms with E-state index in [-0.39, 0.29) is 20.8 Å². The molecule has 0 amide bonds. The summed E-state index contributed by atoms with van der Waals surface area (Å²) in [6.45, 7) is 0. The molecule has 1 aromatic heterocycles. The molecule has 4 rings (SSSR count). The van der Waals surface area contributed by atoms with E-state index in [1.54, 1.807) is 42.1 Å². The number of rotatable bonds is 5. The Labute approximate surface area is 189 Å². The van der Waals surface area contributed by atoms with Crippen LogP contribution < -0.4 is 0 Å². The average Bonchev–Trinajstić information content (AvgIpc) is 3.13. The van der Waals surface area contributed by atoms with Gasteiger partial charge in [-0.2, -0.15) is 0 Å². The molecule has 0 unspecified atom stereocenters. The molecule has 0 N–H and O–H groups in total. The molecule has 152 valence electrons. The van der Waals surface area contributed by atoms with E-state index < -0.39 is 10.0 Å². The number of fused-ring (bicyclic) bond motifs is 1. The van der Waals surface area contributed by atoms with E-state index in [4.69, 9.17) is 23.2 Å². The number of benzene rings is 3. The fourth-order valence-corrected chi connectivity index (χ4v) is 5.64. The maximum absolute atomic E-state index is 13.5. The van der Waals surface area contributed by atoms with Gasteiger partial charge in [-0.05, 0) is 60.4 Å². The summed E-state index contributed by atoms with van der Waals surface area (Å²) in [6, 6.07) is 19.4. The van der Waals surface area contributed by atoms with E-state index in [9.17, 15) is 8.42 Å². The quantitative estimate of drug-likeness (QED) is 0.311. The van der Waals surface area contributed by atoms with Gasteiger partial charge >= 0.3 is 0 Å². The van der Waals surface area contributed by atoms with Crippen LogP contribution in [0, 0.1) is 0 Å². The highest BCUT2D eigenvalue weighted by Crippen LogP contribution is 2.30. The van der Waals surface area contributed by atoms with Crippen LogP contribution in [0.4, 0.5) is 0 Å². The van der Waals surface area contributed by atoms with Crippen LogP contribution in [0.5, 0.6) is 0 Å². The largest absolute Gasteiger partial charge is 0.271 e. The van der Waals surface area contributed by atoms with Crippen LogP contribution in [0.15, 0.2) is 76.5 Å². The number of hydrogen-bond donors (Lipinski definition) is 0. The molecule has 0 aliphatic rings. The van der Waals surface area contributed by atoms with Crippen molar-refractivity contribution in [3.05, 3.63) is 88.2 Å². The number of imidazole rings is 1. The predicted molar refractivity (Wildman–Crippen MR) is 126 cm³/mol. The average molecular weight is 475 g/mol. The van der Waals surface area contributed by atoms with Crippen molar-refractivity contribution in [3.63, 3.8) is 0 Å². The zero-order chi connectivity index (χ0) is 21.3. The van der Waals surface area contributed by atoms with Crippen molar-refractivity contribution in [2.24, 2.45) is 0 Å². The molecular weight excluding hydrogens is 459 g/mol. The Morgan fingerprint density at radius 3 is 2.43 bits per heavy atom. The first kappa shape index (κ1) is 21.0. The van der Waals surface area contributed by atoms with Gasteiger partial charge in [0.25, 0.3) is 10.0 Å². The van der Waals surface area contributed by atoms with E-state index in [1.807, 2.05) is 42.7 Å². The van der Waals surface area contributed by atoms with Crippen LogP contribution in [0.25, 0.3) is 23.2 Å². The second-order valence-electron chi connectivity index (χ2n) is 6.41. The number of thioether (sulfide) groups is 1. The third-order valence-electron chi connectivity index (χ3n) is 4.50. The van der Waals surface area contributed by atoms with E-state index in [2.05, 4.69) is 4.98 Å². The highest BCUT2D eigenvalue weighted by molar-refractivity contribution is 7.98. The highest BCUT2D eigenvalue weighted by Gasteiger charge is 2.25. The Kier molecular flexibility index (Phi) is 5.93. The molecule has 4 aromatic rings. The fourth-order valence-electron chi connectivity index (χ4n) is 3.04. The molecule has 0 saturated carbocycles. The van der Waals surface area contributed by atoms with Crippen molar-refractivity contribution >= 4 is 68.2 Å². The molecule has 0 aliphatic heterocycles. The van der Waals surface area contributed by atoms with Crippen molar-refractivity contribution in [1.82, 2.24) is 8.96 Å². The number of halogens is 2. The summed E-state index contributed by atoms with van der Waals surface area (Å²) in [5.41, 5.74) is 1.96. The van der Waals surface area contributed by atoms with Gasteiger partial charge in [0.05, 0.1) is 16.1 Å². The smallest absolute Gasteiger partial charge is 0.228 e. The minimum Gasteiger partial charge on any atom is -0.228 e. The fraction of sp³-hybridized carbons (Fsp3) is 0.0455. The molecule has 0 fully saturated rings. The second kappa shape index (κ2) is 8.47. The molecule has 0 radical (unpaired) electrons. The van der Waals surface area contributed by atoms with Gasteiger partial charge in [-0.1, -0.05) is 53.5 Å². The van der Waals surface area contributed by atoms with Crippen LogP contribution in [-0.2, 0) is 10.0 Å². The predicted octanol–water partition coefficient (Wildman–Crippen LogP) is 6.47. The van der Waals surface area contributed by atoms with Crippen LogP contribution in [0.3, 0.4) is 0 Å². The summed E-state index contributed by atoms with van der Waals surface area (Å²) in [5, 5.41) is 0.383. The van der Waals surface area contributed by atoms with Crippen LogP contribution in [-0.4, -0.2) is 23.6 Å². The van der Waals surface area contributed by atoms with Gasteiger partial charge in [0.2, 0.25) is 0 Å². The molecular formula is C22H16Cl2N2O2S2. The lowest BCUT2D eigenvalue weighted by Crippen LogP contribution is -2.15. The molecule has 8 heteroatoms. The van der Waals surface area contributed by atoms with E-state index >= 15 is 0 Å². The summed E-state index contributed by atoms with van der Waals surface area (Å²) < 4.78 is 28.3. The lowest BCUT2D eigenvalue weighted by Gasteiger charge is -2.11. The normalized spacial score (nSPS) is 12.1. The summed E-state index contributed by atoms with van der Waals surface area (Å²) in [5.74, 6) is 0.279. The number of nitrogens with zero attached hydrogens (tertiary/aromatic N) is 2. The molecule has 4 nitrogen and oxygen atoms in total. The van der Waals surface area contributed by atoms with Crippen LogP contribution in [0.1, 0.15) is 11.4 Å². The molecule has 0 bridgehead atoms. The van der Waals surface area contributed by atoms with Gasteiger partial charge < -0.3 is 0 Å². The number of hydrogen-bond acceptors (Lipinski definition) is 4. The van der Waals surface area contributed by atoms with Crippen molar-refractivity contribution in [3.8, 4) is 0 Å². The Morgan fingerprint density at radius 1 is 0.967 bits per heavy atom. The van der Waals surface area contributed by atoms with E-state index in [0.717, 1.165) is 10.5 Å². The number of aromatic nitrogens is 2. The lowest BCUT2D eigenvalue weighted by molar-refractivity contribution is 0.588. The summed E-state index contributed by atoms with van der Waals surface area (Å²) in [7, 11) is -4.04. The SMILES string of the molecule is CSc1ccc(/C=C/c2nc3ccccc3n2S(=O)(=O)c2cc(Cl)ccc2Cl)cc1. The molecule has 0 aliphatic carbocycles. The summed E-state index contributed by atoms with van der Waals surface area (Å²) in [4.78, 5) is 5.60. The molecule has 1 heterocycles. The monoisotopic (exact) mass is 474 g/mol. The zero-order valence-electron chi connectivity index (χ0n) is 15.8. The summed E-state index contributed by atoms with van der Waals surface area (Å²) >= 11 is 13.9. The number of para-hydroxylation sites is 2.